The van der Waals surface area contributed by atoms with Gasteiger partial charge in [0.25, 0.3) is 5.69 Å². The second kappa shape index (κ2) is 4.71. The van der Waals surface area contributed by atoms with E-state index in [0.29, 0.717) is 5.56 Å². The summed E-state index contributed by atoms with van der Waals surface area (Å²) in [6.45, 7) is 1.28. The van der Waals surface area contributed by atoms with Gasteiger partial charge in [0.1, 0.15) is 5.60 Å². The number of imide groups is 1. The van der Waals surface area contributed by atoms with E-state index >= 15 is 0 Å². The molecule has 2 fully saturated rings. The Morgan fingerprint density at radius 1 is 1.38 bits per heavy atom. The standard InChI is InChI=1S/C16H14N2O6/c1-8-2-3-9(18(22)23)6-10(8)17-14(20)12-11-4-5-16(7-19,24-11)13(12)15(17)21/h2-6,11-13,19H,7H2,1H3/t11-,12+,13-,16+/m1/s1. The molecule has 4 atom stereocenters. The number of aryl methyl sites for hydroxylation is 1. The van der Waals surface area contributed by atoms with E-state index in [-0.39, 0.29) is 11.4 Å². The van der Waals surface area contributed by atoms with Gasteiger partial charge < -0.3 is 9.84 Å². The van der Waals surface area contributed by atoms with Crippen molar-refractivity contribution >= 4 is 23.2 Å². The predicted octanol–water partition coefficient (Wildman–Crippen LogP) is 0.709. The van der Waals surface area contributed by atoms with E-state index in [9.17, 15) is 24.8 Å². The van der Waals surface area contributed by atoms with Gasteiger partial charge in [0.15, 0.2) is 0 Å². The number of carbonyl (C=O) groups is 2. The van der Waals surface area contributed by atoms with Gasteiger partial charge in [-0.1, -0.05) is 18.2 Å². The number of fused-ring (bicyclic) bond motifs is 5. The molecule has 3 heterocycles. The molecule has 124 valence electrons. The summed E-state index contributed by atoms with van der Waals surface area (Å²) in [5, 5.41) is 20.7. The number of anilines is 1. The average Bonchev–Trinajstić information content (AvgIpc) is 3.19. The molecular weight excluding hydrogens is 316 g/mol. The van der Waals surface area contributed by atoms with E-state index in [2.05, 4.69) is 0 Å². The van der Waals surface area contributed by atoms with Crippen LogP contribution >= 0.6 is 0 Å². The lowest BCUT2D eigenvalue weighted by atomic mass is 9.77. The molecule has 2 bridgehead atoms. The largest absolute Gasteiger partial charge is 0.393 e. The van der Waals surface area contributed by atoms with E-state index in [1.54, 1.807) is 19.1 Å². The number of amides is 2. The maximum absolute atomic E-state index is 12.9. The Balaban J connectivity index is 1.80. The first-order chi connectivity index (χ1) is 11.4. The van der Waals surface area contributed by atoms with Gasteiger partial charge in [0.05, 0.1) is 35.2 Å². The third-order valence-corrected chi connectivity index (χ3v) is 5.05. The first kappa shape index (κ1) is 15.0. The number of aliphatic hydroxyl groups is 1. The van der Waals surface area contributed by atoms with Crippen molar-refractivity contribution in [1.82, 2.24) is 0 Å². The van der Waals surface area contributed by atoms with Crippen molar-refractivity contribution in [3.8, 4) is 0 Å². The number of hydrogen-bond acceptors (Lipinski definition) is 6. The van der Waals surface area contributed by atoms with Crippen LogP contribution in [-0.2, 0) is 14.3 Å². The van der Waals surface area contributed by atoms with Gasteiger partial charge in [0.2, 0.25) is 11.8 Å². The third-order valence-electron chi connectivity index (χ3n) is 5.05. The molecule has 24 heavy (non-hydrogen) atoms. The highest BCUT2D eigenvalue weighted by molar-refractivity contribution is 6.23. The highest BCUT2D eigenvalue weighted by Gasteiger charge is 2.67. The van der Waals surface area contributed by atoms with Crippen LogP contribution < -0.4 is 4.90 Å². The lowest BCUT2D eigenvalue weighted by Crippen LogP contribution is -2.43. The molecule has 2 amide bonds. The molecule has 0 spiro atoms. The Kier molecular flexibility index (Phi) is 2.94. The number of hydrogen-bond donors (Lipinski definition) is 1. The van der Waals surface area contributed by atoms with Crippen LogP contribution in [0.5, 0.6) is 0 Å². The topological polar surface area (TPSA) is 110 Å². The van der Waals surface area contributed by atoms with Crippen molar-refractivity contribution in [3.05, 3.63) is 46.0 Å². The monoisotopic (exact) mass is 330 g/mol. The number of nitro groups is 1. The van der Waals surface area contributed by atoms with Crippen molar-refractivity contribution in [2.24, 2.45) is 11.8 Å². The Labute approximate surface area is 136 Å². The van der Waals surface area contributed by atoms with Crippen LogP contribution in [0.2, 0.25) is 0 Å². The van der Waals surface area contributed by atoms with Crippen LogP contribution in [-0.4, -0.2) is 40.2 Å². The van der Waals surface area contributed by atoms with Gasteiger partial charge in [-0.05, 0) is 12.5 Å². The fraction of sp³-hybridized carbons (Fsp3) is 0.375. The van der Waals surface area contributed by atoms with E-state index in [1.807, 2.05) is 0 Å². The second-order valence-electron chi connectivity index (χ2n) is 6.30. The summed E-state index contributed by atoms with van der Waals surface area (Å²) >= 11 is 0. The van der Waals surface area contributed by atoms with Crippen molar-refractivity contribution in [2.45, 2.75) is 18.6 Å². The number of aliphatic hydroxyl groups excluding tert-OH is 1. The summed E-state index contributed by atoms with van der Waals surface area (Å²) in [5.74, 6) is -2.44. The van der Waals surface area contributed by atoms with Gasteiger partial charge >= 0.3 is 0 Å². The van der Waals surface area contributed by atoms with Crippen molar-refractivity contribution < 1.29 is 24.4 Å². The zero-order chi connectivity index (χ0) is 17.2. The van der Waals surface area contributed by atoms with Crippen LogP contribution in [0.15, 0.2) is 30.4 Å². The number of ether oxygens (including phenoxy) is 1. The summed E-state index contributed by atoms with van der Waals surface area (Å²) in [6.07, 6.45) is 2.77. The Morgan fingerprint density at radius 3 is 2.79 bits per heavy atom. The summed E-state index contributed by atoms with van der Waals surface area (Å²) in [4.78, 5) is 37.2. The zero-order valence-corrected chi connectivity index (χ0v) is 12.7. The molecule has 8 heteroatoms. The lowest BCUT2D eigenvalue weighted by molar-refractivity contribution is -0.384. The number of nitro benzene ring substituents is 1. The van der Waals surface area contributed by atoms with Crippen LogP contribution in [0.3, 0.4) is 0 Å². The number of benzene rings is 1. The molecule has 4 rings (SSSR count). The highest BCUT2D eigenvalue weighted by atomic mass is 16.6. The van der Waals surface area contributed by atoms with Gasteiger partial charge in [-0.25, -0.2) is 4.90 Å². The predicted molar refractivity (Wildman–Crippen MR) is 81.1 cm³/mol. The molecule has 1 N–H and O–H groups in total. The van der Waals surface area contributed by atoms with E-state index < -0.39 is 46.9 Å². The molecule has 0 aromatic heterocycles. The molecule has 8 nitrogen and oxygen atoms in total. The Hall–Kier alpha value is -2.58. The molecule has 0 saturated carbocycles. The van der Waals surface area contributed by atoms with E-state index in [1.165, 1.54) is 18.2 Å². The summed E-state index contributed by atoms with van der Waals surface area (Å²) in [5.41, 5.74) is -0.573. The minimum Gasteiger partial charge on any atom is -0.393 e. The summed E-state index contributed by atoms with van der Waals surface area (Å²) in [6, 6.07) is 4.07. The Morgan fingerprint density at radius 2 is 2.12 bits per heavy atom. The van der Waals surface area contributed by atoms with Crippen LogP contribution in [0, 0.1) is 28.9 Å². The average molecular weight is 330 g/mol. The summed E-state index contributed by atoms with van der Waals surface area (Å²) in [7, 11) is 0. The normalized spacial score (nSPS) is 33.4. The second-order valence-corrected chi connectivity index (χ2v) is 6.30. The first-order valence-electron chi connectivity index (χ1n) is 7.50. The van der Waals surface area contributed by atoms with Gasteiger partial charge in [-0.2, -0.15) is 0 Å². The van der Waals surface area contributed by atoms with Gasteiger partial charge in [0, 0.05) is 12.1 Å². The van der Waals surface area contributed by atoms with Crippen molar-refractivity contribution in [3.63, 3.8) is 0 Å². The smallest absolute Gasteiger partial charge is 0.271 e. The van der Waals surface area contributed by atoms with Gasteiger partial charge in [-0.3, -0.25) is 19.7 Å². The number of carbonyl (C=O) groups excluding carboxylic acids is 2. The van der Waals surface area contributed by atoms with Crippen LogP contribution in [0.1, 0.15) is 5.56 Å². The maximum Gasteiger partial charge on any atom is 0.271 e. The minimum absolute atomic E-state index is 0.192. The molecule has 3 aliphatic rings. The van der Waals surface area contributed by atoms with E-state index in [0.717, 1.165) is 4.90 Å². The van der Waals surface area contributed by atoms with Crippen LogP contribution in [0.25, 0.3) is 0 Å². The molecule has 0 aliphatic carbocycles. The molecule has 1 aromatic carbocycles. The number of nitrogens with zero attached hydrogens (tertiary/aromatic N) is 2. The SMILES string of the molecule is Cc1ccc([N+](=O)[O-])cc1N1C(=O)[C@H]2[C@H]3C=C[C@@](CO)(O3)[C@H]2C1=O. The third kappa shape index (κ3) is 1.69. The first-order valence-corrected chi connectivity index (χ1v) is 7.50. The van der Waals surface area contributed by atoms with Crippen molar-refractivity contribution in [1.29, 1.82) is 0 Å². The molecule has 0 unspecified atom stereocenters. The fourth-order valence-corrected chi connectivity index (χ4v) is 3.87. The Bertz CT molecular complexity index is 819. The molecule has 1 aromatic rings. The van der Waals surface area contributed by atoms with E-state index in [4.69, 9.17) is 4.74 Å². The molecule has 0 radical (unpaired) electrons. The van der Waals surface area contributed by atoms with Crippen LogP contribution in [0.4, 0.5) is 11.4 Å². The number of non-ortho nitro benzene ring substituents is 1. The molecule has 2 saturated heterocycles. The molecule has 3 aliphatic heterocycles. The fourth-order valence-electron chi connectivity index (χ4n) is 3.87. The number of rotatable bonds is 3. The summed E-state index contributed by atoms with van der Waals surface area (Å²) < 4.78 is 5.66. The van der Waals surface area contributed by atoms with Gasteiger partial charge in [-0.15, -0.1) is 0 Å². The highest BCUT2D eigenvalue weighted by Crippen LogP contribution is 2.52. The minimum atomic E-state index is -1.18. The quantitative estimate of drug-likeness (QED) is 0.378. The lowest BCUT2D eigenvalue weighted by Gasteiger charge is -2.26. The molecular formula is C16H14N2O6. The van der Waals surface area contributed by atoms with Crippen molar-refractivity contribution in [2.75, 3.05) is 11.5 Å². The zero-order valence-electron chi connectivity index (χ0n) is 12.7. The maximum atomic E-state index is 12.9.